The monoisotopic (exact) mass is 259 g/mol. The van der Waals surface area contributed by atoms with Gasteiger partial charge in [-0.3, -0.25) is 9.78 Å². The van der Waals surface area contributed by atoms with Crippen LogP contribution in [0.1, 0.15) is 5.56 Å². The van der Waals surface area contributed by atoms with Crippen molar-refractivity contribution in [2.45, 2.75) is 6.42 Å². The Morgan fingerprint density at radius 2 is 2.00 bits per heavy atom. The van der Waals surface area contributed by atoms with E-state index in [2.05, 4.69) is 4.98 Å². The summed E-state index contributed by atoms with van der Waals surface area (Å²) in [4.78, 5) is 14.6. The van der Waals surface area contributed by atoms with Crippen molar-refractivity contribution in [2.24, 2.45) is 0 Å². The van der Waals surface area contributed by atoms with E-state index in [-0.39, 0.29) is 31.2 Å². The molecule has 0 aliphatic rings. The second-order valence-electron chi connectivity index (χ2n) is 3.10. The summed E-state index contributed by atoms with van der Waals surface area (Å²) in [5.74, 6) is -0.812. The number of benzene rings is 1. The number of pyridine rings is 1. The predicted molar refractivity (Wildman–Crippen MR) is 67.6 cm³/mol. The molecule has 0 bridgehead atoms. The predicted octanol–water partition coefficient (Wildman–Crippen LogP) is 2.71. The van der Waals surface area contributed by atoms with Crippen LogP contribution in [0.5, 0.6) is 0 Å². The van der Waals surface area contributed by atoms with Gasteiger partial charge in [0.2, 0.25) is 0 Å². The molecule has 1 aromatic heterocycles. The molecule has 16 heavy (non-hydrogen) atoms. The van der Waals surface area contributed by atoms with Crippen LogP contribution >= 0.6 is 24.8 Å². The van der Waals surface area contributed by atoms with Crippen molar-refractivity contribution in [3.63, 3.8) is 0 Å². The molecule has 0 aliphatic carbocycles. The minimum atomic E-state index is -0.812. The van der Waals surface area contributed by atoms with E-state index in [4.69, 9.17) is 5.11 Å². The van der Waals surface area contributed by atoms with Gasteiger partial charge in [0.25, 0.3) is 0 Å². The van der Waals surface area contributed by atoms with Crippen molar-refractivity contribution in [1.82, 2.24) is 4.98 Å². The van der Waals surface area contributed by atoms with Crippen LogP contribution < -0.4 is 0 Å². The maximum atomic E-state index is 10.5. The number of carboxylic acid groups (broad SMARTS) is 1. The quantitative estimate of drug-likeness (QED) is 0.903. The Morgan fingerprint density at radius 3 is 2.69 bits per heavy atom. The number of hydrogen-bond acceptors (Lipinski definition) is 2. The number of fused-ring (bicyclic) bond motifs is 1. The van der Waals surface area contributed by atoms with Crippen LogP contribution in [-0.4, -0.2) is 16.1 Å². The molecule has 0 amide bonds. The van der Waals surface area contributed by atoms with Crippen LogP contribution in [0.15, 0.2) is 36.5 Å². The molecule has 2 aromatic rings. The van der Waals surface area contributed by atoms with Crippen molar-refractivity contribution < 1.29 is 9.90 Å². The lowest BCUT2D eigenvalue weighted by Gasteiger charge is -1.99. The molecular weight excluding hydrogens is 249 g/mol. The van der Waals surface area contributed by atoms with E-state index < -0.39 is 5.97 Å². The standard InChI is InChI=1S/C11H9NO2.2ClH/c13-11(14)7-8-3-4-10-9(6-8)2-1-5-12-10;;/h1-6H,7H2,(H,13,14);2*1H. The molecule has 0 fully saturated rings. The highest BCUT2D eigenvalue weighted by molar-refractivity contribution is 5.85. The van der Waals surface area contributed by atoms with Gasteiger partial charge in [-0.1, -0.05) is 12.1 Å². The third-order valence-corrected chi connectivity index (χ3v) is 2.02. The van der Waals surface area contributed by atoms with E-state index in [0.717, 1.165) is 16.5 Å². The molecule has 0 atom stereocenters. The van der Waals surface area contributed by atoms with Gasteiger partial charge in [-0.15, -0.1) is 24.8 Å². The Bertz CT molecular complexity index is 488. The summed E-state index contributed by atoms with van der Waals surface area (Å²) in [7, 11) is 0. The Balaban J connectivity index is 0.00000112. The van der Waals surface area contributed by atoms with Crippen LogP contribution in [0, 0.1) is 0 Å². The van der Waals surface area contributed by atoms with E-state index in [1.165, 1.54) is 0 Å². The van der Waals surface area contributed by atoms with E-state index in [9.17, 15) is 4.79 Å². The molecule has 0 saturated heterocycles. The third-order valence-electron chi connectivity index (χ3n) is 2.02. The lowest BCUT2D eigenvalue weighted by Crippen LogP contribution is -1.99. The van der Waals surface area contributed by atoms with E-state index >= 15 is 0 Å². The van der Waals surface area contributed by atoms with Crippen molar-refractivity contribution in [1.29, 1.82) is 0 Å². The topological polar surface area (TPSA) is 50.2 Å². The zero-order valence-electron chi connectivity index (χ0n) is 8.29. The first-order valence-electron chi connectivity index (χ1n) is 4.31. The average molecular weight is 260 g/mol. The smallest absolute Gasteiger partial charge is 0.307 e. The number of hydrogen-bond donors (Lipinski definition) is 1. The number of nitrogens with zero attached hydrogens (tertiary/aromatic N) is 1. The molecule has 1 heterocycles. The highest BCUT2D eigenvalue weighted by Gasteiger charge is 2.01. The summed E-state index contributed by atoms with van der Waals surface area (Å²) >= 11 is 0. The number of carbonyl (C=O) groups is 1. The van der Waals surface area contributed by atoms with Gasteiger partial charge in [0.05, 0.1) is 11.9 Å². The lowest BCUT2D eigenvalue weighted by atomic mass is 10.1. The summed E-state index contributed by atoms with van der Waals surface area (Å²) in [6.07, 6.45) is 1.78. The molecule has 5 heteroatoms. The molecule has 0 aliphatic heterocycles. The van der Waals surface area contributed by atoms with Gasteiger partial charge in [0.15, 0.2) is 0 Å². The summed E-state index contributed by atoms with van der Waals surface area (Å²) in [5.41, 5.74) is 1.69. The van der Waals surface area contributed by atoms with Crippen molar-refractivity contribution in [3.05, 3.63) is 42.1 Å². The van der Waals surface area contributed by atoms with Gasteiger partial charge >= 0.3 is 5.97 Å². The van der Waals surface area contributed by atoms with E-state index in [0.29, 0.717) is 0 Å². The SMILES string of the molecule is Cl.Cl.O=C(O)Cc1ccc2ncccc2c1. The van der Waals surface area contributed by atoms with Gasteiger partial charge in [-0.2, -0.15) is 0 Å². The molecule has 1 aromatic carbocycles. The Morgan fingerprint density at radius 1 is 1.25 bits per heavy atom. The number of rotatable bonds is 2. The third kappa shape index (κ3) is 3.36. The van der Waals surface area contributed by atoms with E-state index in [1.54, 1.807) is 12.3 Å². The summed E-state index contributed by atoms with van der Waals surface area (Å²) in [6, 6.07) is 9.26. The number of aromatic nitrogens is 1. The fraction of sp³-hybridized carbons (Fsp3) is 0.0909. The molecule has 1 N–H and O–H groups in total. The molecule has 0 spiro atoms. The molecule has 0 saturated carbocycles. The maximum absolute atomic E-state index is 10.5. The van der Waals surface area contributed by atoms with Crippen molar-refractivity contribution >= 4 is 41.7 Å². The molecular formula is C11H11Cl2NO2. The Kier molecular flexibility index (Phi) is 5.78. The molecule has 0 unspecified atom stereocenters. The molecule has 0 radical (unpaired) electrons. The van der Waals surface area contributed by atoms with Crippen LogP contribution in [0.3, 0.4) is 0 Å². The minimum Gasteiger partial charge on any atom is -0.481 e. The summed E-state index contributed by atoms with van der Waals surface area (Å²) in [6.45, 7) is 0. The van der Waals surface area contributed by atoms with Gasteiger partial charge in [-0.25, -0.2) is 0 Å². The van der Waals surface area contributed by atoms with Crippen molar-refractivity contribution in [3.8, 4) is 0 Å². The average Bonchev–Trinajstić information content (AvgIpc) is 2.17. The van der Waals surface area contributed by atoms with Gasteiger partial charge in [0, 0.05) is 11.6 Å². The zero-order valence-corrected chi connectivity index (χ0v) is 9.92. The van der Waals surface area contributed by atoms with Crippen LogP contribution in [0.2, 0.25) is 0 Å². The van der Waals surface area contributed by atoms with Gasteiger partial charge in [-0.05, 0) is 23.8 Å². The van der Waals surface area contributed by atoms with Crippen LogP contribution in [0.25, 0.3) is 10.9 Å². The summed E-state index contributed by atoms with van der Waals surface area (Å²) < 4.78 is 0. The largest absolute Gasteiger partial charge is 0.481 e. The molecule has 3 nitrogen and oxygen atoms in total. The van der Waals surface area contributed by atoms with Crippen molar-refractivity contribution in [2.75, 3.05) is 0 Å². The van der Waals surface area contributed by atoms with Crippen LogP contribution in [0.4, 0.5) is 0 Å². The maximum Gasteiger partial charge on any atom is 0.307 e. The molecule has 2 rings (SSSR count). The Hall–Kier alpha value is -1.32. The zero-order chi connectivity index (χ0) is 9.97. The number of halogens is 2. The number of aliphatic carboxylic acids is 1. The van der Waals surface area contributed by atoms with Gasteiger partial charge in [0.1, 0.15) is 0 Å². The second kappa shape index (κ2) is 6.30. The lowest BCUT2D eigenvalue weighted by molar-refractivity contribution is -0.136. The first kappa shape index (κ1) is 14.7. The first-order valence-corrected chi connectivity index (χ1v) is 4.31. The fourth-order valence-corrected chi connectivity index (χ4v) is 1.41. The first-order chi connectivity index (χ1) is 6.75. The summed E-state index contributed by atoms with van der Waals surface area (Å²) in [5, 5.41) is 9.60. The van der Waals surface area contributed by atoms with Gasteiger partial charge < -0.3 is 5.11 Å². The highest BCUT2D eigenvalue weighted by Crippen LogP contribution is 2.13. The molecule has 86 valence electrons. The van der Waals surface area contributed by atoms with Crippen LogP contribution in [-0.2, 0) is 11.2 Å². The second-order valence-corrected chi connectivity index (χ2v) is 3.10. The normalized spacial score (nSPS) is 9.00. The fourth-order valence-electron chi connectivity index (χ4n) is 1.41. The minimum absolute atomic E-state index is 0. The highest BCUT2D eigenvalue weighted by atomic mass is 35.5. The number of carboxylic acids is 1. The Labute approximate surface area is 105 Å². The van der Waals surface area contributed by atoms with E-state index in [1.807, 2.05) is 24.3 Å².